The number of nitrogens with zero attached hydrogens (tertiary/aromatic N) is 5. The Morgan fingerprint density at radius 2 is 2.22 bits per heavy atom. The lowest BCUT2D eigenvalue weighted by Crippen LogP contribution is -2.14. The molecule has 0 aromatic carbocycles. The van der Waals surface area contributed by atoms with Gasteiger partial charge in [-0.25, -0.2) is 9.50 Å². The summed E-state index contributed by atoms with van der Waals surface area (Å²) in [4.78, 5) is 4.33. The van der Waals surface area contributed by atoms with E-state index in [9.17, 15) is 0 Å². The molecule has 8 heteroatoms. The summed E-state index contributed by atoms with van der Waals surface area (Å²) in [5, 5.41) is 12.0. The second kappa shape index (κ2) is 6.17. The van der Waals surface area contributed by atoms with E-state index in [0.29, 0.717) is 12.0 Å². The molecule has 0 spiro atoms. The van der Waals surface area contributed by atoms with E-state index in [4.69, 9.17) is 5.73 Å². The van der Waals surface area contributed by atoms with Gasteiger partial charge in [-0.05, 0) is 36.8 Å². The van der Waals surface area contributed by atoms with E-state index in [-0.39, 0.29) is 12.4 Å². The molecule has 1 aliphatic carbocycles. The molecule has 0 unspecified atom stereocenters. The highest BCUT2D eigenvalue weighted by molar-refractivity contribution is 5.85. The summed E-state index contributed by atoms with van der Waals surface area (Å²) in [7, 11) is 1.90. The summed E-state index contributed by atoms with van der Waals surface area (Å²) in [5.41, 5.74) is 9.04. The standard InChI is InChI=1S/C15H19N7.ClH/c1-21-5-4-14(20-21)19-13-7-11(10-2-3-12(16)6-10)8-22-15(13)17-9-18-22;/h4-5,7-10,12H,2-3,6,16H2,1H3,(H,19,20);1H/t10-,12+;/m1./s1. The summed E-state index contributed by atoms with van der Waals surface area (Å²) in [6.07, 6.45) is 8.79. The van der Waals surface area contributed by atoms with E-state index in [2.05, 4.69) is 32.8 Å². The maximum atomic E-state index is 6.06. The Kier molecular flexibility index (Phi) is 4.23. The van der Waals surface area contributed by atoms with Crippen LogP contribution in [0.3, 0.4) is 0 Å². The molecule has 1 saturated carbocycles. The van der Waals surface area contributed by atoms with E-state index < -0.39 is 0 Å². The molecule has 3 N–H and O–H groups in total. The van der Waals surface area contributed by atoms with Crippen LogP contribution >= 0.6 is 12.4 Å². The van der Waals surface area contributed by atoms with Gasteiger partial charge in [0.1, 0.15) is 6.33 Å². The lowest BCUT2D eigenvalue weighted by atomic mass is 9.99. The first-order chi connectivity index (χ1) is 10.7. The third kappa shape index (κ3) is 3.02. The fourth-order valence-electron chi connectivity index (χ4n) is 3.20. The van der Waals surface area contributed by atoms with Gasteiger partial charge in [0.15, 0.2) is 11.5 Å². The smallest absolute Gasteiger partial charge is 0.178 e. The molecule has 0 saturated heterocycles. The Hall–Kier alpha value is -2.12. The van der Waals surface area contributed by atoms with Crippen LogP contribution in [0.25, 0.3) is 5.65 Å². The molecule has 23 heavy (non-hydrogen) atoms. The van der Waals surface area contributed by atoms with Crippen molar-refractivity contribution in [1.29, 1.82) is 0 Å². The Balaban J connectivity index is 0.00000156. The zero-order valence-corrected chi connectivity index (χ0v) is 13.7. The molecule has 4 rings (SSSR count). The van der Waals surface area contributed by atoms with E-state index in [1.807, 2.05) is 23.8 Å². The van der Waals surface area contributed by atoms with Gasteiger partial charge in [0.05, 0.1) is 5.69 Å². The normalized spacial score (nSPS) is 20.6. The number of pyridine rings is 1. The second-order valence-corrected chi connectivity index (χ2v) is 5.99. The minimum absolute atomic E-state index is 0. The lowest BCUT2D eigenvalue weighted by molar-refractivity contribution is 0.671. The van der Waals surface area contributed by atoms with E-state index in [0.717, 1.165) is 36.4 Å². The number of hydrogen-bond acceptors (Lipinski definition) is 5. The van der Waals surface area contributed by atoms with Crippen molar-refractivity contribution in [3.05, 3.63) is 36.4 Å². The number of fused-ring (bicyclic) bond motifs is 1. The molecule has 0 aliphatic heterocycles. The van der Waals surface area contributed by atoms with Crippen LogP contribution in [0.15, 0.2) is 30.9 Å². The number of nitrogens with one attached hydrogen (secondary N) is 1. The average Bonchev–Trinajstić information content (AvgIpc) is 3.20. The van der Waals surface area contributed by atoms with Crippen LogP contribution in [-0.4, -0.2) is 30.4 Å². The van der Waals surface area contributed by atoms with Crippen molar-refractivity contribution in [2.45, 2.75) is 31.2 Å². The molecule has 122 valence electrons. The van der Waals surface area contributed by atoms with Crippen LogP contribution in [-0.2, 0) is 7.05 Å². The van der Waals surface area contributed by atoms with Crippen LogP contribution in [0.2, 0.25) is 0 Å². The van der Waals surface area contributed by atoms with Crippen molar-refractivity contribution in [3.8, 4) is 0 Å². The molecule has 3 aromatic rings. The van der Waals surface area contributed by atoms with Gasteiger partial charge in [0, 0.05) is 31.5 Å². The number of halogens is 1. The maximum absolute atomic E-state index is 6.06. The van der Waals surface area contributed by atoms with Crippen molar-refractivity contribution in [1.82, 2.24) is 24.4 Å². The Morgan fingerprint density at radius 3 is 2.91 bits per heavy atom. The van der Waals surface area contributed by atoms with Gasteiger partial charge in [-0.1, -0.05) is 0 Å². The van der Waals surface area contributed by atoms with Crippen molar-refractivity contribution in [2.75, 3.05) is 5.32 Å². The first-order valence-corrected chi connectivity index (χ1v) is 7.54. The van der Waals surface area contributed by atoms with Crippen molar-refractivity contribution < 1.29 is 0 Å². The van der Waals surface area contributed by atoms with Gasteiger partial charge in [-0.3, -0.25) is 4.68 Å². The van der Waals surface area contributed by atoms with Gasteiger partial charge in [-0.2, -0.15) is 10.2 Å². The SMILES string of the molecule is Cl.Cn1ccc(Nc2cc([C@@H]3CC[C@H](N)C3)cn3ncnc23)n1. The quantitative estimate of drug-likeness (QED) is 0.767. The van der Waals surface area contributed by atoms with Crippen molar-refractivity contribution >= 4 is 29.6 Å². The summed E-state index contributed by atoms with van der Waals surface area (Å²) in [5.74, 6) is 1.29. The molecule has 0 bridgehead atoms. The lowest BCUT2D eigenvalue weighted by Gasteiger charge is -2.13. The number of rotatable bonds is 3. The van der Waals surface area contributed by atoms with Gasteiger partial charge in [0.2, 0.25) is 0 Å². The summed E-state index contributed by atoms with van der Waals surface area (Å²) >= 11 is 0. The highest BCUT2D eigenvalue weighted by atomic mass is 35.5. The number of aromatic nitrogens is 5. The molecule has 1 aliphatic rings. The first-order valence-electron chi connectivity index (χ1n) is 7.54. The zero-order valence-electron chi connectivity index (χ0n) is 12.9. The van der Waals surface area contributed by atoms with E-state index >= 15 is 0 Å². The molecule has 7 nitrogen and oxygen atoms in total. The van der Waals surface area contributed by atoms with Crippen LogP contribution in [0, 0.1) is 0 Å². The minimum Gasteiger partial charge on any atom is -0.336 e. The molecular weight excluding hydrogens is 314 g/mol. The van der Waals surface area contributed by atoms with E-state index in [1.54, 1.807) is 11.0 Å². The van der Waals surface area contributed by atoms with Gasteiger partial charge in [0.25, 0.3) is 0 Å². The molecule has 0 radical (unpaired) electrons. The predicted molar refractivity (Wildman–Crippen MR) is 91.3 cm³/mol. The molecule has 3 heterocycles. The maximum Gasteiger partial charge on any atom is 0.178 e. The van der Waals surface area contributed by atoms with Crippen LogP contribution in [0.1, 0.15) is 30.7 Å². The van der Waals surface area contributed by atoms with Crippen LogP contribution in [0.5, 0.6) is 0 Å². The number of hydrogen-bond donors (Lipinski definition) is 2. The highest BCUT2D eigenvalue weighted by Gasteiger charge is 2.24. The largest absolute Gasteiger partial charge is 0.336 e. The number of aryl methyl sites for hydroxylation is 1. The summed E-state index contributed by atoms with van der Waals surface area (Å²) in [6.45, 7) is 0. The summed E-state index contributed by atoms with van der Waals surface area (Å²) < 4.78 is 3.59. The van der Waals surface area contributed by atoms with E-state index in [1.165, 1.54) is 5.56 Å². The molecule has 2 atom stereocenters. The average molecular weight is 334 g/mol. The third-order valence-corrected chi connectivity index (χ3v) is 4.32. The molecular formula is C15H20ClN7. The van der Waals surface area contributed by atoms with Crippen LogP contribution in [0.4, 0.5) is 11.5 Å². The Labute approximate surface area is 140 Å². The third-order valence-electron chi connectivity index (χ3n) is 4.32. The zero-order chi connectivity index (χ0) is 15.1. The minimum atomic E-state index is 0. The van der Waals surface area contributed by atoms with Gasteiger partial charge >= 0.3 is 0 Å². The second-order valence-electron chi connectivity index (χ2n) is 5.99. The van der Waals surface area contributed by atoms with Crippen molar-refractivity contribution in [3.63, 3.8) is 0 Å². The fourth-order valence-corrected chi connectivity index (χ4v) is 3.20. The Bertz CT molecular complexity index is 809. The van der Waals surface area contributed by atoms with Gasteiger partial charge in [-0.15, -0.1) is 12.4 Å². The monoisotopic (exact) mass is 333 g/mol. The molecule has 1 fully saturated rings. The summed E-state index contributed by atoms with van der Waals surface area (Å²) in [6, 6.07) is 4.40. The number of nitrogens with two attached hydrogens (primary N) is 1. The molecule has 0 amide bonds. The topological polar surface area (TPSA) is 86.1 Å². The molecule has 3 aromatic heterocycles. The predicted octanol–water partition coefficient (Wildman–Crippen LogP) is 2.22. The first kappa shape index (κ1) is 15.8. The van der Waals surface area contributed by atoms with Crippen molar-refractivity contribution in [2.24, 2.45) is 12.8 Å². The van der Waals surface area contributed by atoms with Gasteiger partial charge < -0.3 is 11.1 Å². The fraction of sp³-hybridized carbons (Fsp3) is 0.400. The van der Waals surface area contributed by atoms with Crippen LogP contribution < -0.4 is 11.1 Å². The highest BCUT2D eigenvalue weighted by Crippen LogP contribution is 2.35. The number of anilines is 2. The Morgan fingerprint density at radius 1 is 1.35 bits per heavy atom.